The lowest BCUT2D eigenvalue weighted by Gasteiger charge is -2.13. The number of carbonyl (C=O) groups is 2. The number of amides is 2. The number of carbonyl (C=O) groups excluding carboxylic acids is 2. The van der Waals surface area contributed by atoms with Gasteiger partial charge in [-0.1, -0.05) is 25.5 Å². The van der Waals surface area contributed by atoms with Gasteiger partial charge in [-0.05, 0) is 62.3 Å². The Morgan fingerprint density at radius 3 is 2.42 bits per heavy atom. The van der Waals surface area contributed by atoms with Crippen LogP contribution < -0.4 is 16.0 Å². The van der Waals surface area contributed by atoms with Crippen LogP contribution in [0.5, 0.6) is 0 Å². The van der Waals surface area contributed by atoms with Gasteiger partial charge < -0.3 is 16.0 Å². The van der Waals surface area contributed by atoms with Crippen molar-refractivity contribution in [1.82, 2.24) is 5.32 Å². The number of allylic oxidation sites excluding steroid dienone is 1. The summed E-state index contributed by atoms with van der Waals surface area (Å²) in [5.41, 5.74) is 3.10. The largest absolute Gasteiger partial charge is 0.376 e. The lowest BCUT2D eigenvalue weighted by Crippen LogP contribution is -2.30. The molecule has 0 unspecified atom stereocenters. The number of benzene rings is 1. The van der Waals surface area contributed by atoms with E-state index in [1.54, 1.807) is 0 Å². The smallest absolute Gasteiger partial charge is 0.239 e. The second-order valence-corrected chi connectivity index (χ2v) is 7.29. The van der Waals surface area contributed by atoms with Gasteiger partial charge in [-0.3, -0.25) is 9.59 Å². The summed E-state index contributed by atoms with van der Waals surface area (Å²) in [5.74, 6) is 0.354. The summed E-state index contributed by atoms with van der Waals surface area (Å²) in [4.78, 5) is 23.7. The Balaban J connectivity index is 1.66. The molecule has 0 aliphatic heterocycles. The molecule has 0 spiro atoms. The molecule has 2 amide bonds. The maximum absolute atomic E-state index is 11.9. The van der Waals surface area contributed by atoms with E-state index in [2.05, 4.69) is 22.0 Å². The van der Waals surface area contributed by atoms with E-state index >= 15 is 0 Å². The topological polar surface area (TPSA) is 70.2 Å². The van der Waals surface area contributed by atoms with Gasteiger partial charge in [0.1, 0.15) is 0 Å². The van der Waals surface area contributed by atoms with E-state index in [4.69, 9.17) is 0 Å². The Morgan fingerprint density at radius 2 is 1.77 bits per heavy atom. The van der Waals surface area contributed by atoms with Gasteiger partial charge in [0, 0.05) is 24.3 Å². The average molecular weight is 357 g/mol. The van der Waals surface area contributed by atoms with Crippen molar-refractivity contribution in [1.29, 1.82) is 0 Å². The van der Waals surface area contributed by atoms with E-state index in [1.165, 1.54) is 31.3 Å². The number of rotatable bonds is 9. The first-order valence-corrected chi connectivity index (χ1v) is 9.61. The fraction of sp³-hybridized carbons (Fsp3) is 0.524. The second kappa shape index (κ2) is 10.6. The zero-order chi connectivity index (χ0) is 18.8. The number of nitrogens with one attached hydrogen (secondary N) is 3. The molecule has 0 fully saturated rings. The molecule has 26 heavy (non-hydrogen) atoms. The van der Waals surface area contributed by atoms with Crippen molar-refractivity contribution < 1.29 is 9.59 Å². The number of hydrogen-bond donors (Lipinski definition) is 3. The third-order valence-electron chi connectivity index (χ3n) is 4.37. The van der Waals surface area contributed by atoms with Crippen molar-refractivity contribution in [3.05, 3.63) is 35.9 Å². The third kappa shape index (κ3) is 7.72. The summed E-state index contributed by atoms with van der Waals surface area (Å²) in [5, 5.41) is 8.94. The van der Waals surface area contributed by atoms with Crippen molar-refractivity contribution in [3.63, 3.8) is 0 Å². The molecule has 0 radical (unpaired) electrons. The summed E-state index contributed by atoms with van der Waals surface area (Å²) < 4.78 is 0. The maximum Gasteiger partial charge on any atom is 0.239 e. The Bertz CT molecular complexity index is 621. The van der Waals surface area contributed by atoms with Gasteiger partial charge in [0.25, 0.3) is 0 Å². The lowest BCUT2D eigenvalue weighted by molar-refractivity contribution is -0.119. The minimum Gasteiger partial charge on any atom is -0.376 e. The molecule has 1 aliphatic rings. The highest BCUT2D eigenvalue weighted by atomic mass is 16.2. The predicted molar refractivity (Wildman–Crippen MR) is 107 cm³/mol. The third-order valence-corrected chi connectivity index (χ3v) is 4.37. The van der Waals surface area contributed by atoms with Gasteiger partial charge >= 0.3 is 0 Å². The van der Waals surface area contributed by atoms with E-state index in [0.29, 0.717) is 18.9 Å². The first-order chi connectivity index (χ1) is 12.5. The molecule has 5 nitrogen and oxygen atoms in total. The van der Waals surface area contributed by atoms with Crippen LogP contribution in [0, 0.1) is 5.92 Å². The van der Waals surface area contributed by atoms with Crippen LogP contribution >= 0.6 is 0 Å². The van der Waals surface area contributed by atoms with Crippen LogP contribution in [-0.4, -0.2) is 24.9 Å². The molecule has 3 N–H and O–H groups in total. The SMILES string of the molecule is CC(C)CC(=O)Nc1ccc(NCC(=O)NCCC2=CCCCC2)cc1. The van der Waals surface area contributed by atoms with Crippen LogP contribution in [0.15, 0.2) is 35.9 Å². The highest BCUT2D eigenvalue weighted by Crippen LogP contribution is 2.19. The van der Waals surface area contributed by atoms with Crippen molar-refractivity contribution in [2.75, 3.05) is 23.7 Å². The minimum atomic E-state index is -0.00396. The first-order valence-electron chi connectivity index (χ1n) is 9.61. The molecule has 0 atom stereocenters. The van der Waals surface area contributed by atoms with Crippen LogP contribution in [0.2, 0.25) is 0 Å². The molecule has 142 valence electrons. The monoisotopic (exact) mass is 357 g/mol. The number of anilines is 2. The number of hydrogen-bond acceptors (Lipinski definition) is 3. The van der Waals surface area contributed by atoms with E-state index < -0.39 is 0 Å². The van der Waals surface area contributed by atoms with Crippen molar-refractivity contribution in [2.45, 2.75) is 52.4 Å². The lowest BCUT2D eigenvalue weighted by atomic mass is 9.97. The normalized spacial score (nSPS) is 13.9. The quantitative estimate of drug-likeness (QED) is 0.583. The maximum atomic E-state index is 11.9. The van der Waals surface area contributed by atoms with Gasteiger partial charge in [-0.2, -0.15) is 0 Å². The van der Waals surface area contributed by atoms with E-state index in [9.17, 15) is 9.59 Å². The fourth-order valence-corrected chi connectivity index (χ4v) is 2.99. The molecule has 0 saturated carbocycles. The van der Waals surface area contributed by atoms with E-state index in [0.717, 1.165) is 17.8 Å². The van der Waals surface area contributed by atoms with Crippen LogP contribution in [0.25, 0.3) is 0 Å². The van der Waals surface area contributed by atoms with Gasteiger partial charge in [-0.25, -0.2) is 0 Å². The molecular formula is C21H31N3O2. The van der Waals surface area contributed by atoms with Crippen LogP contribution in [-0.2, 0) is 9.59 Å². The van der Waals surface area contributed by atoms with Crippen molar-refractivity contribution in [2.24, 2.45) is 5.92 Å². The van der Waals surface area contributed by atoms with E-state index in [1.807, 2.05) is 38.1 Å². The molecule has 0 bridgehead atoms. The Kier molecular flexibility index (Phi) is 8.19. The first kappa shape index (κ1) is 20.0. The van der Waals surface area contributed by atoms with Crippen molar-refractivity contribution in [3.8, 4) is 0 Å². The molecule has 0 aromatic heterocycles. The summed E-state index contributed by atoms with van der Waals surface area (Å²) in [7, 11) is 0. The summed E-state index contributed by atoms with van der Waals surface area (Å²) in [6.45, 7) is 4.98. The molecule has 0 saturated heterocycles. The Labute approximate surface area is 156 Å². The van der Waals surface area contributed by atoms with Gasteiger partial charge in [0.05, 0.1) is 6.54 Å². The van der Waals surface area contributed by atoms with Crippen molar-refractivity contribution >= 4 is 23.2 Å². The Morgan fingerprint density at radius 1 is 1.04 bits per heavy atom. The summed E-state index contributed by atoms with van der Waals surface area (Å²) in [6, 6.07) is 7.41. The highest BCUT2D eigenvalue weighted by molar-refractivity contribution is 5.91. The van der Waals surface area contributed by atoms with Crippen LogP contribution in [0.4, 0.5) is 11.4 Å². The van der Waals surface area contributed by atoms with Gasteiger partial charge in [-0.15, -0.1) is 0 Å². The van der Waals surface area contributed by atoms with Gasteiger partial charge in [0.2, 0.25) is 11.8 Å². The average Bonchev–Trinajstić information content (AvgIpc) is 2.61. The molecule has 1 aliphatic carbocycles. The Hall–Kier alpha value is -2.30. The second-order valence-electron chi connectivity index (χ2n) is 7.29. The van der Waals surface area contributed by atoms with E-state index in [-0.39, 0.29) is 18.4 Å². The van der Waals surface area contributed by atoms with Gasteiger partial charge in [0.15, 0.2) is 0 Å². The zero-order valence-corrected chi connectivity index (χ0v) is 15.9. The summed E-state index contributed by atoms with van der Waals surface area (Å²) >= 11 is 0. The van der Waals surface area contributed by atoms with Crippen LogP contribution in [0.1, 0.15) is 52.4 Å². The molecular weight excluding hydrogens is 326 g/mol. The molecule has 5 heteroatoms. The molecule has 2 rings (SSSR count). The fourth-order valence-electron chi connectivity index (χ4n) is 2.99. The predicted octanol–water partition coefficient (Wildman–Crippen LogP) is 4.09. The molecule has 1 aromatic carbocycles. The molecule has 0 heterocycles. The highest BCUT2D eigenvalue weighted by Gasteiger charge is 2.07. The van der Waals surface area contributed by atoms with Crippen LogP contribution in [0.3, 0.4) is 0 Å². The summed E-state index contributed by atoms with van der Waals surface area (Å²) in [6.07, 6.45) is 8.70. The minimum absolute atomic E-state index is 0.00396. The molecule has 1 aromatic rings. The standard InChI is InChI=1S/C21H31N3O2/c1-16(2)14-20(25)24-19-10-8-18(9-11-19)23-15-21(26)22-13-12-17-6-4-3-5-7-17/h6,8-11,16,23H,3-5,7,12-15H2,1-2H3,(H,22,26)(H,24,25). The zero-order valence-electron chi connectivity index (χ0n) is 15.9.